The van der Waals surface area contributed by atoms with Crippen molar-refractivity contribution >= 4 is 0 Å². The van der Waals surface area contributed by atoms with Gasteiger partial charge in [0.25, 0.3) is 5.89 Å². The maximum Gasteiger partial charge on any atom is 0.262 e. The molecule has 0 atom stereocenters. The fourth-order valence-electron chi connectivity index (χ4n) is 2.09. The summed E-state index contributed by atoms with van der Waals surface area (Å²) in [6.07, 6.45) is 0. The molecule has 0 saturated heterocycles. The summed E-state index contributed by atoms with van der Waals surface area (Å²) in [6.45, 7) is 1.90. The third kappa shape index (κ3) is 2.45. The second-order valence-corrected chi connectivity index (χ2v) is 4.64. The molecule has 106 valence electrons. The molecule has 0 radical (unpaired) electrons. The molecule has 1 N–H and O–H groups in total. The van der Waals surface area contributed by atoms with Crippen molar-refractivity contribution in [2.45, 2.75) is 6.92 Å². The van der Waals surface area contributed by atoms with E-state index in [2.05, 4.69) is 10.1 Å². The van der Waals surface area contributed by atoms with Crippen molar-refractivity contribution in [2.75, 3.05) is 7.11 Å². The molecule has 0 aliphatic rings. The van der Waals surface area contributed by atoms with Crippen LogP contribution < -0.4 is 4.74 Å². The highest BCUT2D eigenvalue weighted by molar-refractivity contribution is 5.68. The van der Waals surface area contributed by atoms with Crippen LogP contribution in [0, 0.1) is 6.92 Å². The number of hydrogen-bond acceptors (Lipinski definition) is 5. The zero-order valence-electron chi connectivity index (χ0n) is 11.7. The van der Waals surface area contributed by atoms with Crippen LogP contribution in [0.5, 0.6) is 11.5 Å². The molecule has 0 amide bonds. The Bertz CT molecular complexity index is 781. The molecule has 2 aromatic carbocycles. The minimum Gasteiger partial charge on any atom is -0.507 e. The Balaban J connectivity index is 2.04. The summed E-state index contributed by atoms with van der Waals surface area (Å²) in [5, 5.41) is 13.9. The number of rotatable bonds is 3. The highest BCUT2D eigenvalue weighted by Gasteiger charge is 2.16. The first-order chi connectivity index (χ1) is 10.2. The monoisotopic (exact) mass is 282 g/mol. The van der Waals surface area contributed by atoms with E-state index in [1.54, 1.807) is 19.2 Å². The minimum atomic E-state index is 0.116. The van der Waals surface area contributed by atoms with Gasteiger partial charge in [-0.15, -0.1) is 0 Å². The molecule has 0 fully saturated rings. The third-order valence-electron chi connectivity index (χ3n) is 3.16. The van der Waals surface area contributed by atoms with Crippen LogP contribution in [-0.4, -0.2) is 22.4 Å². The predicted octanol–water partition coefficient (Wildman–Crippen LogP) is 3.43. The van der Waals surface area contributed by atoms with E-state index < -0.39 is 0 Å². The number of aryl methyl sites for hydroxylation is 1. The Morgan fingerprint density at radius 1 is 1.10 bits per heavy atom. The Morgan fingerprint density at radius 2 is 1.90 bits per heavy atom. The van der Waals surface area contributed by atoms with Crippen LogP contribution in [0.2, 0.25) is 0 Å². The lowest BCUT2D eigenvalue weighted by Crippen LogP contribution is -1.88. The van der Waals surface area contributed by atoms with Crippen LogP contribution in [0.1, 0.15) is 5.56 Å². The molecule has 0 bridgehead atoms. The van der Waals surface area contributed by atoms with Crippen molar-refractivity contribution in [3.8, 4) is 34.3 Å². The van der Waals surface area contributed by atoms with Gasteiger partial charge in [0, 0.05) is 0 Å². The number of para-hydroxylation sites is 1. The molecule has 0 spiro atoms. The van der Waals surface area contributed by atoms with Gasteiger partial charge in [-0.3, -0.25) is 0 Å². The van der Waals surface area contributed by atoms with Crippen LogP contribution in [0.3, 0.4) is 0 Å². The fraction of sp³-hybridized carbons (Fsp3) is 0.125. The average molecular weight is 282 g/mol. The van der Waals surface area contributed by atoms with Crippen LogP contribution in [0.4, 0.5) is 0 Å². The van der Waals surface area contributed by atoms with E-state index >= 15 is 0 Å². The first-order valence-corrected chi connectivity index (χ1v) is 6.46. The Kier molecular flexibility index (Phi) is 3.31. The van der Waals surface area contributed by atoms with Crippen LogP contribution in [-0.2, 0) is 0 Å². The number of hydrogen-bond donors (Lipinski definition) is 1. The number of benzene rings is 2. The molecule has 21 heavy (non-hydrogen) atoms. The molecule has 3 aromatic rings. The molecule has 0 saturated carbocycles. The van der Waals surface area contributed by atoms with Gasteiger partial charge in [0.05, 0.1) is 18.2 Å². The fourth-order valence-corrected chi connectivity index (χ4v) is 2.09. The van der Waals surface area contributed by atoms with Crippen molar-refractivity contribution in [3.63, 3.8) is 0 Å². The summed E-state index contributed by atoms with van der Waals surface area (Å²) < 4.78 is 10.5. The van der Waals surface area contributed by atoms with Crippen molar-refractivity contribution in [1.29, 1.82) is 0 Å². The topological polar surface area (TPSA) is 68.4 Å². The van der Waals surface area contributed by atoms with E-state index in [0.717, 1.165) is 11.1 Å². The van der Waals surface area contributed by atoms with Gasteiger partial charge in [0.1, 0.15) is 11.5 Å². The Labute approximate surface area is 121 Å². The van der Waals surface area contributed by atoms with E-state index in [9.17, 15) is 5.11 Å². The summed E-state index contributed by atoms with van der Waals surface area (Å²) in [7, 11) is 1.59. The molecule has 5 heteroatoms. The second-order valence-electron chi connectivity index (χ2n) is 4.64. The van der Waals surface area contributed by atoms with Crippen LogP contribution in [0.25, 0.3) is 22.8 Å². The molecule has 0 aliphatic carbocycles. The molecule has 5 nitrogen and oxygen atoms in total. The Hall–Kier alpha value is -2.82. The number of aromatic nitrogens is 2. The van der Waals surface area contributed by atoms with Gasteiger partial charge >= 0.3 is 0 Å². The van der Waals surface area contributed by atoms with Crippen LogP contribution >= 0.6 is 0 Å². The molecule has 0 unspecified atom stereocenters. The standard InChI is InChI=1S/C16H14N2O3/c1-10-7-8-11(13(19)9-10)16-17-15(18-21-16)12-5-3-4-6-14(12)20-2/h3-9,19H,1-2H3. The summed E-state index contributed by atoms with van der Waals surface area (Å²) in [5.74, 6) is 1.47. The summed E-state index contributed by atoms with van der Waals surface area (Å²) >= 11 is 0. The highest BCUT2D eigenvalue weighted by atomic mass is 16.5. The number of nitrogens with zero attached hydrogens (tertiary/aromatic N) is 2. The maximum atomic E-state index is 9.97. The first-order valence-electron chi connectivity index (χ1n) is 6.46. The van der Waals surface area contributed by atoms with Gasteiger partial charge in [0.15, 0.2) is 0 Å². The average Bonchev–Trinajstić information content (AvgIpc) is 2.96. The normalized spacial score (nSPS) is 10.6. The van der Waals surface area contributed by atoms with E-state index in [0.29, 0.717) is 17.1 Å². The van der Waals surface area contributed by atoms with Gasteiger partial charge in [-0.1, -0.05) is 23.4 Å². The number of methoxy groups -OCH3 is 1. The third-order valence-corrected chi connectivity index (χ3v) is 3.16. The number of aromatic hydroxyl groups is 1. The van der Waals surface area contributed by atoms with E-state index in [4.69, 9.17) is 9.26 Å². The van der Waals surface area contributed by atoms with Crippen molar-refractivity contribution < 1.29 is 14.4 Å². The predicted molar refractivity (Wildman–Crippen MR) is 78.1 cm³/mol. The molecule has 1 heterocycles. The largest absolute Gasteiger partial charge is 0.507 e. The Morgan fingerprint density at radius 3 is 2.67 bits per heavy atom. The van der Waals surface area contributed by atoms with Gasteiger partial charge in [-0.2, -0.15) is 4.98 Å². The van der Waals surface area contributed by atoms with Crippen molar-refractivity contribution in [2.24, 2.45) is 0 Å². The lowest BCUT2D eigenvalue weighted by Gasteiger charge is -2.03. The molecular formula is C16H14N2O3. The SMILES string of the molecule is COc1ccccc1-c1noc(-c2ccc(C)cc2O)n1. The maximum absolute atomic E-state index is 9.97. The lowest BCUT2D eigenvalue weighted by molar-refractivity contribution is 0.412. The van der Waals surface area contributed by atoms with Crippen LogP contribution in [0.15, 0.2) is 47.0 Å². The minimum absolute atomic E-state index is 0.116. The van der Waals surface area contributed by atoms with E-state index in [1.165, 1.54) is 0 Å². The molecular weight excluding hydrogens is 268 g/mol. The zero-order chi connectivity index (χ0) is 14.8. The molecule has 1 aromatic heterocycles. The number of phenolic OH excluding ortho intramolecular Hbond substituents is 1. The molecule has 0 aliphatic heterocycles. The van der Waals surface area contributed by atoms with Crippen molar-refractivity contribution in [1.82, 2.24) is 10.1 Å². The summed E-state index contributed by atoms with van der Waals surface area (Å²) in [5.41, 5.74) is 2.21. The quantitative estimate of drug-likeness (QED) is 0.797. The van der Waals surface area contributed by atoms with E-state index in [-0.39, 0.29) is 11.6 Å². The van der Waals surface area contributed by atoms with Gasteiger partial charge < -0.3 is 14.4 Å². The van der Waals surface area contributed by atoms with E-state index in [1.807, 2.05) is 37.3 Å². The smallest absolute Gasteiger partial charge is 0.262 e. The lowest BCUT2D eigenvalue weighted by atomic mass is 10.1. The van der Waals surface area contributed by atoms with Gasteiger partial charge in [0.2, 0.25) is 5.82 Å². The summed E-state index contributed by atoms with van der Waals surface area (Å²) in [6, 6.07) is 12.7. The zero-order valence-corrected chi connectivity index (χ0v) is 11.7. The highest BCUT2D eigenvalue weighted by Crippen LogP contribution is 2.32. The molecule has 3 rings (SSSR count). The van der Waals surface area contributed by atoms with Gasteiger partial charge in [-0.25, -0.2) is 0 Å². The van der Waals surface area contributed by atoms with Gasteiger partial charge in [-0.05, 0) is 36.8 Å². The first kappa shape index (κ1) is 13.2. The number of phenols is 1. The second kappa shape index (κ2) is 5.28. The summed E-state index contributed by atoms with van der Waals surface area (Å²) in [4.78, 5) is 4.33. The number of ether oxygens (including phenoxy) is 1. The van der Waals surface area contributed by atoms with Crippen molar-refractivity contribution in [3.05, 3.63) is 48.0 Å².